The molecule has 0 bridgehead atoms. The Hall–Kier alpha value is -1.80. The van der Waals surface area contributed by atoms with Crippen molar-refractivity contribution in [3.05, 3.63) is 64.7 Å². The Morgan fingerprint density at radius 3 is 2.20 bits per heavy atom. The molecule has 0 spiro atoms. The van der Waals surface area contributed by atoms with Crippen LogP contribution < -0.4 is 10.1 Å². The third kappa shape index (κ3) is 3.02. The topological polar surface area (TPSA) is 21.3 Å². The molecule has 0 fully saturated rings. The van der Waals surface area contributed by atoms with Crippen molar-refractivity contribution < 1.29 is 4.74 Å². The smallest absolute Gasteiger partial charge is 0.121 e. The highest BCUT2D eigenvalue weighted by Gasteiger charge is 2.13. The molecule has 2 nitrogen and oxygen atoms in total. The first-order valence-electron chi connectivity index (χ1n) is 7.10. The SMILES string of the molecule is CCc1ccc(C(NC)c2ccc(OC)c(C)c2)cc1. The molecule has 106 valence electrons. The Morgan fingerprint density at radius 1 is 1.05 bits per heavy atom. The van der Waals surface area contributed by atoms with Gasteiger partial charge in [-0.05, 0) is 48.7 Å². The Morgan fingerprint density at radius 2 is 1.70 bits per heavy atom. The highest BCUT2D eigenvalue weighted by atomic mass is 16.5. The summed E-state index contributed by atoms with van der Waals surface area (Å²) in [5, 5.41) is 3.40. The summed E-state index contributed by atoms with van der Waals surface area (Å²) in [5.41, 5.74) is 5.08. The minimum Gasteiger partial charge on any atom is -0.496 e. The van der Waals surface area contributed by atoms with Gasteiger partial charge >= 0.3 is 0 Å². The number of ether oxygens (including phenoxy) is 1. The van der Waals surface area contributed by atoms with Gasteiger partial charge in [0.2, 0.25) is 0 Å². The zero-order valence-corrected chi connectivity index (χ0v) is 12.7. The van der Waals surface area contributed by atoms with E-state index >= 15 is 0 Å². The van der Waals surface area contributed by atoms with Crippen LogP contribution in [0.1, 0.15) is 35.2 Å². The molecule has 0 saturated heterocycles. The van der Waals surface area contributed by atoms with Gasteiger partial charge in [0.05, 0.1) is 13.2 Å². The van der Waals surface area contributed by atoms with Crippen LogP contribution in [0, 0.1) is 6.92 Å². The lowest BCUT2D eigenvalue weighted by atomic mass is 9.96. The van der Waals surface area contributed by atoms with Crippen molar-refractivity contribution in [3.63, 3.8) is 0 Å². The van der Waals surface area contributed by atoms with E-state index in [1.807, 2.05) is 13.1 Å². The summed E-state index contributed by atoms with van der Waals surface area (Å²) in [6.45, 7) is 4.26. The lowest BCUT2D eigenvalue weighted by molar-refractivity contribution is 0.411. The van der Waals surface area contributed by atoms with Gasteiger partial charge in [0.15, 0.2) is 0 Å². The largest absolute Gasteiger partial charge is 0.496 e. The summed E-state index contributed by atoms with van der Waals surface area (Å²) in [6.07, 6.45) is 1.08. The van der Waals surface area contributed by atoms with E-state index in [-0.39, 0.29) is 6.04 Å². The van der Waals surface area contributed by atoms with Crippen molar-refractivity contribution in [1.82, 2.24) is 5.32 Å². The van der Waals surface area contributed by atoms with Crippen LogP contribution in [-0.2, 0) is 6.42 Å². The molecule has 0 aliphatic rings. The molecule has 2 aromatic rings. The van der Waals surface area contributed by atoms with Gasteiger partial charge < -0.3 is 10.1 Å². The van der Waals surface area contributed by atoms with E-state index in [1.54, 1.807) is 7.11 Å². The highest BCUT2D eigenvalue weighted by Crippen LogP contribution is 2.26. The molecule has 2 rings (SSSR count). The molecule has 1 atom stereocenters. The molecule has 20 heavy (non-hydrogen) atoms. The maximum atomic E-state index is 5.33. The lowest BCUT2D eigenvalue weighted by Crippen LogP contribution is -2.17. The van der Waals surface area contributed by atoms with Crippen molar-refractivity contribution in [2.45, 2.75) is 26.3 Å². The maximum absolute atomic E-state index is 5.33. The van der Waals surface area contributed by atoms with Crippen molar-refractivity contribution in [2.75, 3.05) is 14.2 Å². The third-order valence-corrected chi connectivity index (χ3v) is 3.76. The van der Waals surface area contributed by atoms with E-state index in [2.05, 4.69) is 55.6 Å². The van der Waals surface area contributed by atoms with Crippen LogP contribution in [0.15, 0.2) is 42.5 Å². The van der Waals surface area contributed by atoms with Crippen LogP contribution in [0.5, 0.6) is 5.75 Å². The fraction of sp³-hybridized carbons (Fsp3) is 0.333. The average Bonchev–Trinajstić information content (AvgIpc) is 2.49. The monoisotopic (exact) mass is 269 g/mol. The average molecular weight is 269 g/mol. The van der Waals surface area contributed by atoms with E-state index < -0.39 is 0 Å². The number of methoxy groups -OCH3 is 1. The molecule has 0 heterocycles. The Labute approximate surface area is 121 Å². The minimum absolute atomic E-state index is 0.213. The molecule has 1 unspecified atom stereocenters. The number of hydrogen-bond acceptors (Lipinski definition) is 2. The number of benzene rings is 2. The standard InChI is InChI=1S/C18H23NO/c1-5-14-6-8-15(9-7-14)18(19-3)16-10-11-17(20-4)13(2)12-16/h6-12,18-19H,5H2,1-4H3. The minimum atomic E-state index is 0.213. The van der Waals surface area contributed by atoms with Gasteiger partial charge in [-0.1, -0.05) is 43.3 Å². The van der Waals surface area contributed by atoms with E-state index in [9.17, 15) is 0 Å². The molecule has 0 aromatic heterocycles. The molecule has 0 saturated carbocycles. The highest BCUT2D eigenvalue weighted by molar-refractivity contribution is 5.41. The molecule has 2 heteroatoms. The van der Waals surface area contributed by atoms with Crippen LogP contribution in [0.2, 0.25) is 0 Å². The maximum Gasteiger partial charge on any atom is 0.121 e. The lowest BCUT2D eigenvalue weighted by Gasteiger charge is -2.19. The van der Waals surface area contributed by atoms with Gasteiger partial charge in [-0.3, -0.25) is 0 Å². The molecule has 2 aromatic carbocycles. The van der Waals surface area contributed by atoms with Crippen molar-refractivity contribution in [1.29, 1.82) is 0 Å². The van der Waals surface area contributed by atoms with E-state index in [1.165, 1.54) is 16.7 Å². The van der Waals surface area contributed by atoms with Gasteiger partial charge in [-0.15, -0.1) is 0 Å². The van der Waals surface area contributed by atoms with Crippen LogP contribution in [0.25, 0.3) is 0 Å². The predicted octanol–water partition coefficient (Wildman–Crippen LogP) is 3.87. The Bertz CT molecular complexity index is 560. The normalized spacial score (nSPS) is 12.2. The number of aryl methyl sites for hydroxylation is 2. The summed E-state index contributed by atoms with van der Waals surface area (Å²) in [7, 11) is 3.71. The summed E-state index contributed by atoms with van der Waals surface area (Å²) in [4.78, 5) is 0. The fourth-order valence-corrected chi connectivity index (χ4v) is 2.55. The Kier molecular flexibility index (Phi) is 4.80. The number of nitrogens with one attached hydrogen (secondary N) is 1. The van der Waals surface area contributed by atoms with Gasteiger partial charge in [0.1, 0.15) is 5.75 Å². The van der Waals surface area contributed by atoms with Crippen molar-refractivity contribution in [3.8, 4) is 5.75 Å². The van der Waals surface area contributed by atoms with E-state index in [4.69, 9.17) is 4.74 Å². The van der Waals surface area contributed by atoms with E-state index in [0.29, 0.717) is 0 Å². The molecule has 0 aliphatic carbocycles. The number of rotatable bonds is 5. The molecular formula is C18H23NO. The van der Waals surface area contributed by atoms with Crippen LogP contribution in [0.3, 0.4) is 0 Å². The fourth-order valence-electron chi connectivity index (χ4n) is 2.55. The van der Waals surface area contributed by atoms with Gasteiger partial charge in [0.25, 0.3) is 0 Å². The zero-order chi connectivity index (χ0) is 14.5. The van der Waals surface area contributed by atoms with Crippen LogP contribution >= 0.6 is 0 Å². The van der Waals surface area contributed by atoms with Gasteiger partial charge in [0, 0.05) is 0 Å². The predicted molar refractivity (Wildman–Crippen MR) is 84.5 cm³/mol. The van der Waals surface area contributed by atoms with E-state index in [0.717, 1.165) is 17.7 Å². The van der Waals surface area contributed by atoms with Crippen molar-refractivity contribution >= 4 is 0 Å². The number of hydrogen-bond donors (Lipinski definition) is 1. The molecule has 0 aliphatic heterocycles. The second-order valence-corrected chi connectivity index (χ2v) is 5.05. The molecule has 1 N–H and O–H groups in total. The van der Waals surface area contributed by atoms with Gasteiger partial charge in [-0.2, -0.15) is 0 Å². The summed E-state index contributed by atoms with van der Waals surface area (Å²) in [6, 6.07) is 15.4. The zero-order valence-electron chi connectivity index (χ0n) is 12.7. The Balaban J connectivity index is 2.33. The first kappa shape index (κ1) is 14.6. The quantitative estimate of drug-likeness (QED) is 0.889. The van der Waals surface area contributed by atoms with Crippen LogP contribution in [-0.4, -0.2) is 14.2 Å². The molecule has 0 amide bonds. The third-order valence-electron chi connectivity index (χ3n) is 3.76. The van der Waals surface area contributed by atoms with Crippen LogP contribution in [0.4, 0.5) is 0 Å². The first-order chi connectivity index (χ1) is 9.69. The summed E-state index contributed by atoms with van der Waals surface area (Å²) in [5.74, 6) is 0.935. The second kappa shape index (κ2) is 6.58. The second-order valence-electron chi connectivity index (χ2n) is 5.05. The van der Waals surface area contributed by atoms with Crippen molar-refractivity contribution in [2.24, 2.45) is 0 Å². The molecule has 0 radical (unpaired) electrons. The summed E-state index contributed by atoms with van der Waals surface area (Å²) >= 11 is 0. The molecular weight excluding hydrogens is 246 g/mol. The summed E-state index contributed by atoms with van der Waals surface area (Å²) < 4.78 is 5.33. The first-order valence-corrected chi connectivity index (χ1v) is 7.10. The van der Waals surface area contributed by atoms with Gasteiger partial charge in [-0.25, -0.2) is 0 Å².